The zero-order valence-electron chi connectivity index (χ0n) is 15.9. The number of hydrogen-bond acceptors (Lipinski definition) is 4. The predicted molar refractivity (Wildman–Crippen MR) is 114 cm³/mol. The third-order valence-corrected chi connectivity index (χ3v) is 4.54. The van der Waals surface area contributed by atoms with Crippen LogP contribution in [0.15, 0.2) is 53.6 Å². The fourth-order valence-electron chi connectivity index (χ4n) is 2.25. The summed E-state index contributed by atoms with van der Waals surface area (Å²) in [7, 11) is 3.93. The molecular weight excluding hydrogens is 358 g/mol. The minimum Gasteiger partial charge on any atom is -0.378 e. The summed E-state index contributed by atoms with van der Waals surface area (Å²) in [5.74, 6) is -0.641. The highest BCUT2D eigenvalue weighted by Crippen LogP contribution is 2.14. The molecule has 0 aliphatic heterocycles. The van der Waals surface area contributed by atoms with E-state index in [1.807, 2.05) is 67.7 Å². The Hall–Kier alpha value is -2.86. The molecule has 5 nitrogen and oxygen atoms in total. The first-order valence-corrected chi connectivity index (χ1v) is 9.67. The fourth-order valence-corrected chi connectivity index (χ4v) is 2.86. The normalized spacial score (nSPS) is 11.4. The van der Waals surface area contributed by atoms with Crippen molar-refractivity contribution in [2.24, 2.45) is 0 Å². The number of carbonyl (C=O) groups is 2. The highest BCUT2D eigenvalue weighted by molar-refractivity contribution is 7.10. The van der Waals surface area contributed by atoms with Crippen molar-refractivity contribution in [2.45, 2.75) is 13.3 Å². The molecule has 0 radical (unpaired) electrons. The SMILES string of the molecule is CCCNC(=O)/C(=C/c1ccc(N(C)C)cc1)NC(=O)/C=C/c1cccs1. The number of benzene rings is 1. The zero-order valence-corrected chi connectivity index (χ0v) is 16.7. The second-order valence-electron chi connectivity index (χ2n) is 6.14. The van der Waals surface area contributed by atoms with Crippen molar-refractivity contribution in [3.8, 4) is 0 Å². The van der Waals surface area contributed by atoms with Crippen LogP contribution >= 0.6 is 11.3 Å². The molecule has 6 heteroatoms. The van der Waals surface area contributed by atoms with Gasteiger partial charge in [0.25, 0.3) is 5.91 Å². The monoisotopic (exact) mass is 383 g/mol. The molecule has 0 unspecified atom stereocenters. The lowest BCUT2D eigenvalue weighted by molar-refractivity contribution is -0.121. The second-order valence-corrected chi connectivity index (χ2v) is 7.12. The molecule has 2 aromatic rings. The van der Waals surface area contributed by atoms with Crippen LogP contribution in [0.3, 0.4) is 0 Å². The Morgan fingerprint density at radius 1 is 1.15 bits per heavy atom. The summed E-state index contributed by atoms with van der Waals surface area (Å²) in [6.45, 7) is 2.53. The molecule has 2 rings (SSSR count). The zero-order chi connectivity index (χ0) is 19.6. The van der Waals surface area contributed by atoms with Gasteiger partial charge in [-0.1, -0.05) is 25.1 Å². The van der Waals surface area contributed by atoms with Gasteiger partial charge in [0, 0.05) is 37.3 Å². The summed E-state index contributed by atoms with van der Waals surface area (Å²) in [4.78, 5) is 27.6. The van der Waals surface area contributed by atoms with Gasteiger partial charge < -0.3 is 15.5 Å². The van der Waals surface area contributed by atoms with Crippen LogP contribution in [-0.2, 0) is 9.59 Å². The van der Waals surface area contributed by atoms with E-state index in [4.69, 9.17) is 0 Å². The van der Waals surface area contributed by atoms with E-state index < -0.39 is 0 Å². The van der Waals surface area contributed by atoms with Crippen molar-refractivity contribution in [1.82, 2.24) is 10.6 Å². The standard InChI is InChI=1S/C21H25N3O2S/c1-4-13-22-21(26)19(15-16-7-9-17(10-8-16)24(2)3)23-20(25)12-11-18-6-5-14-27-18/h5-12,14-15H,4,13H2,1-3H3,(H,22,26)(H,23,25)/b12-11+,19-15-. The lowest BCUT2D eigenvalue weighted by Gasteiger charge is -2.12. The third-order valence-electron chi connectivity index (χ3n) is 3.70. The topological polar surface area (TPSA) is 61.4 Å². The summed E-state index contributed by atoms with van der Waals surface area (Å²) in [5, 5.41) is 7.44. The number of nitrogens with one attached hydrogen (secondary N) is 2. The van der Waals surface area contributed by atoms with Crippen LogP contribution in [0.2, 0.25) is 0 Å². The number of amides is 2. The van der Waals surface area contributed by atoms with E-state index in [1.54, 1.807) is 23.5 Å². The van der Waals surface area contributed by atoms with E-state index in [-0.39, 0.29) is 17.5 Å². The molecule has 0 aliphatic rings. The minimum atomic E-state index is -0.341. The Morgan fingerprint density at radius 3 is 2.48 bits per heavy atom. The van der Waals surface area contributed by atoms with Crippen molar-refractivity contribution in [2.75, 3.05) is 25.5 Å². The van der Waals surface area contributed by atoms with Gasteiger partial charge in [-0.05, 0) is 47.7 Å². The number of rotatable bonds is 8. The molecule has 0 fully saturated rings. The highest BCUT2D eigenvalue weighted by Gasteiger charge is 2.11. The van der Waals surface area contributed by atoms with Crippen molar-refractivity contribution in [1.29, 1.82) is 0 Å². The van der Waals surface area contributed by atoms with Gasteiger partial charge in [0.15, 0.2) is 0 Å². The fraction of sp³-hybridized carbons (Fsp3) is 0.238. The van der Waals surface area contributed by atoms with Crippen LogP contribution in [0.1, 0.15) is 23.8 Å². The Morgan fingerprint density at radius 2 is 1.89 bits per heavy atom. The van der Waals surface area contributed by atoms with Crippen LogP contribution in [0, 0.1) is 0 Å². The summed E-state index contributed by atoms with van der Waals surface area (Å²) in [6, 6.07) is 11.6. The largest absolute Gasteiger partial charge is 0.378 e. The first-order chi connectivity index (χ1) is 13.0. The predicted octanol–water partition coefficient (Wildman–Crippen LogP) is 3.51. The highest BCUT2D eigenvalue weighted by atomic mass is 32.1. The molecule has 1 heterocycles. The number of thiophene rings is 1. The Balaban J connectivity index is 2.16. The van der Waals surface area contributed by atoms with Gasteiger partial charge >= 0.3 is 0 Å². The van der Waals surface area contributed by atoms with Crippen molar-refractivity contribution in [3.63, 3.8) is 0 Å². The van der Waals surface area contributed by atoms with Crippen molar-refractivity contribution in [3.05, 3.63) is 64.0 Å². The van der Waals surface area contributed by atoms with Crippen LogP contribution in [0.4, 0.5) is 5.69 Å². The van der Waals surface area contributed by atoms with Crippen LogP contribution in [-0.4, -0.2) is 32.5 Å². The summed E-state index contributed by atoms with van der Waals surface area (Å²) in [6.07, 6.45) is 5.67. The van der Waals surface area contributed by atoms with E-state index in [0.29, 0.717) is 6.54 Å². The lowest BCUT2D eigenvalue weighted by Crippen LogP contribution is -2.34. The molecule has 1 aromatic carbocycles. The molecule has 0 saturated carbocycles. The molecule has 0 atom stereocenters. The van der Waals surface area contributed by atoms with Crippen molar-refractivity contribution < 1.29 is 9.59 Å². The van der Waals surface area contributed by atoms with Gasteiger partial charge in [-0.3, -0.25) is 9.59 Å². The summed E-state index contributed by atoms with van der Waals surface area (Å²) >= 11 is 1.54. The molecule has 1 aromatic heterocycles. The van der Waals surface area contributed by atoms with E-state index in [0.717, 1.165) is 22.5 Å². The Bertz CT molecular complexity index is 806. The smallest absolute Gasteiger partial charge is 0.267 e. The number of carbonyl (C=O) groups excluding carboxylic acids is 2. The number of nitrogens with zero attached hydrogens (tertiary/aromatic N) is 1. The first-order valence-electron chi connectivity index (χ1n) is 8.79. The van der Waals surface area contributed by atoms with Crippen LogP contribution in [0.25, 0.3) is 12.2 Å². The Labute approximate surface area is 164 Å². The molecule has 2 amide bonds. The summed E-state index contributed by atoms with van der Waals surface area (Å²) in [5.41, 5.74) is 2.12. The average molecular weight is 384 g/mol. The van der Waals surface area contributed by atoms with Crippen molar-refractivity contribution >= 4 is 41.0 Å². The molecule has 0 aliphatic carbocycles. The van der Waals surface area contributed by atoms with E-state index >= 15 is 0 Å². The first kappa shape index (κ1) is 20.5. The van der Waals surface area contributed by atoms with E-state index in [9.17, 15) is 9.59 Å². The molecule has 27 heavy (non-hydrogen) atoms. The maximum Gasteiger partial charge on any atom is 0.267 e. The maximum atomic E-state index is 12.4. The van der Waals surface area contributed by atoms with Gasteiger partial charge in [-0.2, -0.15) is 0 Å². The number of hydrogen-bond donors (Lipinski definition) is 2. The van der Waals surface area contributed by atoms with Gasteiger partial charge in [-0.25, -0.2) is 0 Å². The minimum absolute atomic E-state index is 0.224. The average Bonchev–Trinajstić information content (AvgIpc) is 3.18. The van der Waals surface area contributed by atoms with E-state index in [2.05, 4.69) is 10.6 Å². The van der Waals surface area contributed by atoms with Gasteiger partial charge in [0.05, 0.1) is 0 Å². The van der Waals surface area contributed by atoms with Crippen LogP contribution in [0.5, 0.6) is 0 Å². The third kappa shape index (κ3) is 6.75. The van der Waals surface area contributed by atoms with E-state index in [1.165, 1.54) is 6.08 Å². The molecule has 2 N–H and O–H groups in total. The molecule has 142 valence electrons. The van der Waals surface area contributed by atoms with Gasteiger partial charge in [0.1, 0.15) is 5.70 Å². The second kappa shape index (κ2) is 10.3. The van der Waals surface area contributed by atoms with Crippen LogP contribution < -0.4 is 15.5 Å². The number of anilines is 1. The summed E-state index contributed by atoms with van der Waals surface area (Å²) < 4.78 is 0. The molecular formula is C21H25N3O2S. The molecule has 0 bridgehead atoms. The maximum absolute atomic E-state index is 12.4. The lowest BCUT2D eigenvalue weighted by atomic mass is 10.1. The van der Waals surface area contributed by atoms with Gasteiger partial charge in [0.2, 0.25) is 5.91 Å². The Kier molecular flexibility index (Phi) is 7.82. The molecule has 0 saturated heterocycles. The quantitative estimate of drug-likeness (QED) is 0.686. The van der Waals surface area contributed by atoms with Gasteiger partial charge in [-0.15, -0.1) is 11.3 Å². The molecule has 0 spiro atoms.